The number of hydrogen-bond donors (Lipinski definition) is 2. The highest BCUT2D eigenvalue weighted by Gasteiger charge is 2.09. The first-order valence-electron chi connectivity index (χ1n) is 6.19. The lowest BCUT2D eigenvalue weighted by atomic mass is 10.2. The van der Waals surface area contributed by atoms with E-state index in [1.807, 2.05) is 6.92 Å². The summed E-state index contributed by atoms with van der Waals surface area (Å²) in [4.78, 5) is 15.8. The molecule has 20 heavy (non-hydrogen) atoms. The van der Waals surface area contributed by atoms with Gasteiger partial charge in [-0.05, 0) is 12.5 Å². The fourth-order valence-electron chi connectivity index (χ4n) is 1.43. The van der Waals surface area contributed by atoms with E-state index in [1.165, 1.54) is 12.4 Å². The number of aliphatic hydroxyl groups excluding tert-OH is 1. The molecular weight excluding hydrogens is 276 g/mol. The average Bonchev–Trinajstić information content (AvgIpc) is 2.45. The van der Waals surface area contributed by atoms with Gasteiger partial charge in [0.1, 0.15) is 6.61 Å². The number of hydrogen-bond acceptors (Lipinski definition) is 4. The van der Waals surface area contributed by atoms with Crippen LogP contribution in [0.4, 0.5) is 0 Å². The highest BCUT2D eigenvalue weighted by atomic mass is 32.2. The SMILES string of the molecule is CC(CCNC(=O)c1cncc(C#CCO)c1)S(C)=O. The van der Waals surface area contributed by atoms with Crippen molar-refractivity contribution in [3.63, 3.8) is 0 Å². The molecule has 0 aromatic carbocycles. The second-order valence-corrected chi connectivity index (χ2v) is 6.08. The molecule has 1 amide bonds. The van der Waals surface area contributed by atoms with Crippen molar-refractivity contribution in [1.82, 2.24) is 10.3 Å². The van der Waals surface area contributed by atoms with Gasteiger partial charge < -0.3 is 10.4 Å². The lowest BCUT2D eigenvalue weighted by Gasteiger charge is -2.09. The van der Waals surface area contributed by atoms with Gasteiger partial charge in [0.15, 0.2) is 0 Å². The number of pyridine rings is 1. The minimum Gasteiger partial charge on any atom is -0.384 e. The molecule has 2 N–H and O–H groups in total. The van der Waals surface area contributed by atoms with Crippen LogP contribution in [0.2, 0.25) is 0 Å². The number of aliphatic hydroxyl groups is 1. The Balaban J connectivity index is 2.57. The second-order valence-electron chi connectivity index (χ2n) is 4.28. The van der Waals surface area contributed by atoms with Crippen LogP contribution < -0.4 is 5.32 Å². The van der Waals surface area contributed by atoms with Crippen molar-refractivity contribution in [1.29, 1.82) is 0 Å². The van der Waals surface area contributed by atoms with Crippen molar-refractivity contribution in [3.05, 3.63) is 29.6 Å². The summed E-state index contributed by atoms with van der Waals surface area (Å²) in [6, 6.07) is 1.62. The molecule has 0 bridgehead atoms. The lowest BCUT2D eigenvalue weighted by Crippen LogP contribution is -2.27. The Hall–Kier alpha value is -1.71. The molecule has 108 valence electrons. The third-order valence-corrected chi connectivity index (χ3v) is 4.08. The van der Waals surface area contributed by atoms with Gasteiger partial charge in [0, 0.05) is 46.8 Å². The van der Waals surface area contributed by atoms with Gasteiger partial charge in [-0.15, -0.1) is 0 Å². The maximum atomic E-state index is 11.9. The molecule has 0 spiro atoms. The predicted octanol–water partition coefficient (Wildman–Crippen LogP) is 0.312. The molecule has 6 heteroatoms. The Morgan fingerprint density at radius 1 is 1.55 bits per heavy atom. The quantitative estimate of drug-likeness (QED) is 0.766. The van der Waals surface area contributed by atoms with Crippen molar-refractivity contribution in [2.45, 2.75) is 18.6 Å². The molecule has 0 aliphatic rings. The van der Waals surface area contributed by atoms with Crippen molar-refractivity contribution in [3.8, 4) is 11.8 Å². The summed E-state index contributed by atoms with van der Waals surface area (Å²) in [6.07, 6.45) is 5.30. The van der Waals surface area contributed by atoms with E-state index in [-0.39, 0.29) is 17.8 Å². The maximum absolute atomic E-state index is 11.9. The first-order chi connectivity index (χ1) is 9.54. The molecule has 5 nitrogen and oxygen atoms in total. The van der Waals surface area contributed by atoms with Gasteiger partial charge in [-0.3, -0.25) is 14.0 Å². The number of rotatable bonds is 5. The van der Waals surface area contributed by atoms with E-state index in [1.54, 1.807) is 12.3 Å². The largest absolute Gasteiger partial charge is 0.384 e. The average molecular weight is 294 g/mol. The number of nitrogens with zero attached hydrogens (tertiary/aromatic N) is 1. The zero-order valence-corrected chi connectivity index (χ0v) is 12.4. The molecule has 0 aliphatic carbocycles. The summed E-state index contributed by atoms with van der Waals surface area (Å²) in [6.45, 7) is 2.11. The van der Waals surface area contributed by atoms with Crippen molar-refractivity contribution in [2.75, 3.05) is 19.4 Å². The van der Waals surface area contributed by atoms with Gasteiger partial charge in [0.05, 0.1) is 5.56 Å². The van der Waals surface area contributed by atoms with Gasteiger partial charge >= 0.3 is 0 Å². The van der Waals surface area contributed by atoms with Crippen LogP contribution in [-0.2, 0) is 10.8 Å². The van der Waals surface area contributed by atoms with Crippen molar-refractivity contribution >= 4 is 16.7 Å². The Kier molecular flexibility index (Phi) is 6.91. The minimum absolute atomic E-state index is 0.0511. The summed E-state index contributed by atoms with van der Waals surface area (Å²) in [7, 11) is -0.883. The van der Waals surface area contributed by atoms with Crippen molar-refractivity contribution in [2.24, 2.45) is 0 Å². The van der Waals surface area contributed by atoms with E-state index in [0.717, 1.165) is 0 Å². The lowest BCUT2D eigenvalue weighted by molar-refractivity contribution is 0.0953. The van der Waals surface area contributed by atoms with Crippen LogP contribution in [0, 0.1) is 11.8 Å². The van der Waals surface area contributed by atoms with Crippen LogP contribution in [0.1, 0.15) is 29.3 Å². The van der Waals surface area contributed by atoms with Crippen molar-refractivity contribution < 1.29 is 14.1 Å². The van der Waals surface area contributed by atoms with E-state index in [9.17, 15) is 9.00 Å². The molecule has 1 heterocycles. The van der Waals surface area contributed by atoms with Gasteiger partial charge in [-0.2, -0.15) is 0 Å². The van der Waals surface area contributed by atoms with Gasteiger partial charge in [0.25, 0.3) is 5.91 Å². The molecule has 1 aromatic rings. The Bertz CT molecular complexity index is 549. The summed E-state index contributed by atoms with van der Waals surface area (Å²) >= 11 is 0. The fraction of sp³-hybridized carbons (Fsp3) is 0.429. The standard InChI is InChI=1S/C14H18N2O3S/c1-11(20(2)19)5-6-16-14(18)13-8-12(4-3-7-17)9-15-10-13/h8-11,17H,5-7H2,1-2H3,(H,16,18). The first kappa shape index (κ1) is 16.3. The second kappa shape index (κ2) is 8.46. The summed E-state index contributed by atoms with van der Waals surface area (Å²) in [5, 5.41) is 11.4. The Morgan fingerprint density at radius 2 is 2.30 bits per heavy atom. The monoisotopic (exact) mass is 294 g/mol. The van der Waals surface area contributed by atoms with E-state index in [0.29, 0.717) is 24.1 Å². The Labute approximate surface area is 121 Å². The molecule has 0 fully saturated rings. The molecule has 0 radical (unpaired) electrons. The predicted molar refractivity (Wildman–Crippen MR) is 78.7 cm³/mol. The van der Waals surface area contributed by atoms with Crippen LogP contribution >= 0.6 is 0 Å². The van der Waals surface area contributed by atoms with Crippen LogP contribution in [0.3, 0.4) is 0 Å². The van der Waals surface area contributed by atoms with Gasteiger partial charge in [0.2, 0.25) is 0 Å². The number of nitrogens with one attached hydrogen (secondary N) is 1. The van der Waals surface area contributed by atoms with E-state index in [4.69, 9.17) is 5.11 Å². The molecule has 0 saturated carbocycles. The summed E-state index contributed by atoms with van der Waals surface area (Å²) in [5.74, 6) is 4.96. The highest BCUT2D eigenvalue weighted by molar-refractivity contribution is 7.84. The van der Waals surface area contributed by atoms with Crippen LogP contribution in [-0.4, -0.2) is 44.9 Å². The Morgan fingerprint density at radius 3 is 2.95 bits per heavy atom. The van der Waals surface area contributed by atoms with E-state index >= 15 is 0 Å². The van der Waals surface area contributed by atoms with Crippen LogP contribution in [0.15, 0.2) is 18.5 Å². The van der Waals surface area contributed by atoms with Gasteiger partial charge in [-0.1, -0.05) is 18.8 Å². The van der Waals surface area contributed by atoms with E-state index < -0.39 is 10.8 Å². The normalized spacial score (nSPS) is 12.9. The zero-order valence-electron chi connectivity index (χ0n) is 11.5. The smallest absolute Gasteiger partial charge is 0.252 e. The fourth-order valence-corrected chi connectivity index (χ4v) is 1.88. The number of aromatic nitrogens is 1. The van der Waals surface area contributed by atoms with Crippen LogP contribution in [0.25, 0.3) is 0 Å². The molecule has 1 aromatic heterocycles. The topological polar surface area (TPSA) is 79.3 Å². The first-order valence-corrected chi connectivity index (χ1v) is 7.82. The highest BCUT2D eigenvalue weighted by Crippen LogP contribution is 2.02. The molecule has 2 atom stereocenters. The molecule has 0 aliphatic heterocycles. The number of carbonyl (C=O) groups is 1. The maximum Gasteiger partial charge on any atom is 0.252 e. The minimum atomic E-state index is -0.883. The molecule has 2 unspecified atom stereocenters. The summed E-state index contributed by atoms with van der Waals surface area (Å²) < 4.78 is 11.2. The summed E-state index contributed by atoms with van der Waals surface area (Å²) in [5.41, 5.74) is 0.995. The molecule has 0 saturated heterocycles. The van der Waals surface area contributed by atoms with Crippen LogP contribution in [0.5, 0.6) is 0 Å². The third kappa shape index (κ3) is 5.51. The van der Waals surface area contributed by atoms with E-state index in [2.05, 4.69) is 22.1 Å². The number of carbonyl (C=O) groups excluding carboxylic acids is 1. The molecular formula is C14H18N2O3S. The van der Waals surface area contributed by atoms with Gasteiger partial charge in [-0.25, -0.2) is 0 Å². The zero-order chi connectivity index (χ0) is 15.0. The third-order valence-electron chi connectivity index (χ3n) is 2.72. The number of amides is 1. The molecule has 1 rings (SSSR count).